The van der Waals surface area contributed by atoms with E-state index in [2.05, 4.69) is 132 Å². The topological polar surface area (TPSA) is 383 Å². The summed E-state index contributed by atoms with van der Waals surface area (Å²) >= 11 is 10.9. The number of aliphatic hydroxyl groups excluding tert-OH is 1. The van der Waals surface area contributed by atoms with Gasteiger partial charge in [0.2, 0.25) is 0 Å². The first-order valence-electron chi connectivity index (χ1n) is 44.9. The van der Waals surface area contributed by atoms with Gasteiger partial charge in [0.25, 0.3) is 11.1 Å². The zero-order valence-electron chi connectivity index (χ0n) is 78.5. The quantitative estimate of drug-likeness (QED) is 0.0167. The second kappa shape index (κ2) is 55.1. The van der Waals surface area contributed by atoms with Crippen LogP contribution in [-0.4, -0.2) is 299 Å². The summed E-state index contributed by atoms with van der Waals surface area (Å²) in [4.78, 5) is 122. The van der Waals surface area contributed by atoms with Crippen LogP contribution in [0.25, 0.3) is 56.9 Å². The van der Waals surface area contributed by atoms with Crippen LogP contribution >= 0.6 is 23.2 Å². The van der Waals surface area contributed by atoms with Gasteiger partial charge in [0.15, 0.2) is 29.1 Å². The number of nitrogens with zero attached hydrogens (tertiary/aromatic N) is 21. The number of benzene rings is 5. The van der Waals surface area contributed by atoms with Crippen LogP contribution in [0.15, 0.2) is 222 Å². The molecule has 7 aromatic heterocycles. The average Bonchev–Trinajstić information content (AvgIpc) is 1.78. The molecule has 2 aliphatic carbocycles. The van der Waals surface area contributed by atoms with Crippen molar-refractivity contribution in [2.45, 2.75) is 63.5 Å². The number of likely N-dealkylation sites (N-methyl/N-ethyl adjacent to an activating group) is 3. The number of piperazine rings is 3. The molecule has 0 spiro atoms. The molecule has 4 saturated heterocycles. The van der Waals surface area contributed by atoms with Crippen molar-refractivity contribution < 1.29 is 55.7 Å². The molecule has 0 atom stereocenters. The zero-order chi connectivity index (χ0) is 95.8. The van der Waals surface area contributed by atoms with E-state index in [0.717, 1.165) is 184 Å². The fraction of sp³-hybridized carbons (Fsp3) is 0.374. The molecule has 18 rings (SSSR count). The van der Waals surface area contributed by atoms with E-state index in [-0.39, 0.29) is 48.0 Å². The minimum absolute atomic E-state index is 0. The summed E-state index contributed by atoms with van der Waals surface area (Å²) in [5.74, 6) is 4.51. The second-order valence-electron chi connectivity index (χ2n) is 33.1. The number of rotatable bonds is 22. The van der Waals surface area contributed by atoms with Crippen LogP contribution < -0.4 is 48.9 Å². The molecule has 12 aromatic rings. The number of methoxy groups -OCH3 is 3. The molecule has 5 N–H and O–H groups in total. The smallest absolute Gasteiger partial charge is 0.337 e. The van der Waals surface area contributed by atoms with E-state index in [9.17, 15) is 29.1 Å². The maximum Gasteiger partial charge on any atom is 0.337 e. The predicted molar refractivity (Wildman–Crippen MR) is 527 cm³/mol. The van der Waals surface area contributed by atoms with E-state index in [1.54, 1.807) is 90.1 Å². The fourth-order valence-corrected chi connectivity index (χ4v) is 14.5. The first-order valence-corrected chi connectivity index (χ1v) is 46.0. The molecule has 34 nitrogen and oxygen atoms in total. The SMILES string of the molecule is C1CCOC1.CN1CCN(c2cnc(-c3cccc(CO)c3)nc2)CC1.CN1CCN(c2cnc(-c3cccc(Cn4nc(C5CC5)ccc4=O)c3)nc2)CC1.COC(=O)c1cccc(-c2ncc(N)cn2)c1.COC(=O)c1cccc(-c2ncc(N3CCN(C)CC3)cn2)c1.COC(=O)c1cccc(-c2ncc(N=CN(C)C)cn2)c1.C[NH+](CCCl)CCCl.O=c1ccc(C2CC2)n[nH]1.[Cl-]. The van der Waals surface area contributed by atoms with Gasteiger partial charge in [-0.15, -0.1) is 23.2 Å². The van der Waals surface area contributed by atoms with E-state index < -0.39 is 0 Å². The number of aromatic amines is 1. The molecule has 37 heteroatoms. The van der Waals surface area contributed by atoms with Crippen molar-refractivity contribution in [3.05, 3.63) is 267 Å². The van der Waals surface area contributed by atoms with Gasteiger partial charge < -0.3 is 81.4 Å². The van der Waals surface area contributed by atoms with Gasteiger partial charge in [-0.2, -0.15) is 10.2 Å². The highest BCUT2D eigenvalue weighted by molar-refractivity contribution is 6.18. The molecule has 0 bridgehead atoms. The number of alkyl halides is 2. The average molecular weight is 1910 g/mol. The number of H-pyrrole nitrogens is 1. The minimum atomic E-state index is -0.387. The number of aliphatic hydroxyl groups is 1. The highest BCUT2D eigenvalue weighted by Crippen LogP contribution is 2.39. The lowest BCUT2D eigenvalue weighted by Crippen LogP contribution is -3.09. The molecular weight excluding hydrogens is 1790 g/mol. The Labute approximate surface area is 809 Å². The molecule has 718 valence electrons. The minimum Gasteiger partial charge on any atom is -1.00 e. The lowest BCUT2D eigenvalue weighted by Gasteiger charge is -2.33. The Kier molecular flexibility index (Phi) is 42.6. The van der Waals surface area contributed by atoms with Gasteiger partial charge in [-0.3, -0.25) is 9.59 Å². The van der Waals surface area contributed by atoms with Crippen LogP contribution in [0.3, 0.4) is 0 Å². The highest BCUT2D eigenvalue weighted by Gasteiger charge is 2.27. The number of quaternary nitrogens is 1. The molecule has 2 saturated carbocycles. The van der Waals surface area contributed by atoms with Gasteiger partial charge in [0.1, 0.15) is 5.69 Å². The monoisotopic (exact) mass is 1910 g/mol. The van der Waals surface area contributed by atoms with Crippen LogP contribution in [-0.2, 0) is 32.1 Å². The van der Waals surface area contributed by atoms with Crippen LogP contribution in [0.1, 0.15) is 104 Å². The number of carbonyl (C=O) groups is 3. The number of nitrogen functional groups attached to an aromatic ring is 1. The van der Waals surface area contributed by atoms with E-state index in [4.69, 9.17) is 43.1 Å². The second-order valence-corrected chi connectivity index (χ2v) is 33.8. The van der Waals surface area contributed by atoms with Gasteiger partial charge >= 0.3 is 17.9 Å². The number of esters is 3. The van der Waals surface area contributed by atoms with Gasteiger partial charge in [-0.25, -0.2) is 79.0 Å². The number of halogens is 3. The Hall–Kier alpha value is -13.0. The van der Waals surface area contributed by atoms with Crippen molar-refractivity contribution in [2.75, 3.05) is 201 Å². The molecule has 6 fully saturated rings. The van der Waals surface area contributed by atoms with Crippen molar-refractivity contribution in [1.82, 2.24) is 89.4 Å². The molecule has 11 heterocycles. The van der Waals surface area contributed by atoms with Gasteiger partial charge in [0.05, 0.1) is 186 Å². The number of aliphatic imine (C=N–C) groups is 1. The lowest BCUT2D eigenvalue weighted by atomic mass is 10.1. The number of aromatic nitrogens is 14. The van der Waals surface area contributed by atoms with Crippen molar-refractivity contribution in [1.29, 1.82) is 0 Å². The third-order valence-corrected chi connectivity index (χ3v) is 22.6. The van der Waals surface area contributed by atoms with Crippen molar-refractivity contribution >= 4 is 75.9 Å². The summed E-state index contributed by atoms with van der Waals surface area (Å²) in [6, 6.07) is 43.6. The summed E-state index contributed by atoms with van der Waals surface area (Å²) in [6.07, 6.45) is 26.6. The predicted octanol–water partition coefficient (Wildman–Crippen LogP) is 7.54. The van der Waals surface area contributed by atoms with Crippen LogP contribution in [0, 0.1) is 0 Å². The highest BCUT2D eigenvalue weighted by atomic mass is 35.5. The van der Waals surface area contributed by atoms with Crippen molar-refractivity contribution in [2.24, 2.45) is 4.99 Å². The van der Waals surface area contributed by atoms with Crippen LogP contribution in [0.4, 0.5) is 28.4 Å². The summed E-state index contributed by atoms with van der Waals surface area (Å²) in [7, 11) is 16.3. The Morgan fingerprint density at radius 1 is 0.493 bits per heavy atom. The lowest BCUT2D eigenvalue weighted by molar-refractivity contribution is -0.874. The van der Waals surface area contributed by atoms with E-state index in [1.165, 1.54) is 83.2 Å². The molecule has 5 aromatic carbocycles. The van der Waals surface area contributed by atoms with Gasteiger partial charge in [0, 0.05) is 158 Å². The summed E-state index contributed by atoms with van der Waals surface area (Å²) < 4.78 is 20.6. The van der Waals surface area contributed by atoms with E-state index in [0.29, 0.717) is 75.6 Å². The van der Waals surface area contributed by atoms with E-state index >= 15 is 0 Å². The van der Waals surface area contributed by atoms with Crippen molar-refractivity contribution in [3.8, 4) is 56.9 Å². The Balaban J connectivity index is 0.000000167. The fourth-order valence-electron chi connectivity index (χ4n) is 13.9. The van der Waals surface area contributed by atoms with Gasteiger partial charge in [-0.05, 0) is 131 Å². The largest absolute Gasteiger partial charge is 1.00 e. The first-order chi connectivity index (χ1) is 65.5. The summed E-state index contributed by atoms with van der Waals surface area (Å²) in [6.45, 7) is 16.8. The van der Waals surface area contributed by atoms with E-state index in [1.807, 2.05) is 129 Å². The number of carbonyl (C=O) groups excluding carboxylic acids is 3. The Morgan fingerprint density at radius 3 is 1.19 bits per heavy atom. The third kappa shape index (κ3) is 34.1. The maximum absolute atomic E-state index is 12.2. The summed E-state index contributed by atoms with van der Waals surface area (Å²) in [5.41, 5.74) is 19.2. The Bertz CT molecular complexity index is 5790. The van der Waals surface area contributed by atoms with Crippen LogP contribution in [0.2, 0.25) is 0 Å². The number of nitrogens with one attached hydrogen (secondary N) is 2. The van der Waals surface area contributed by atoms with Crippen molar-refractivity contribution in [3.63, 3.8) is 0 Å². The molecule has 0 amide bonds. The standard InChI is InChI=1S/C23H26N6O.C17H20N4O2.C16H20N4O.C15H16N4O2.C12H11N3O2.C7H8N2O.C5H11Cl2N.C4H8O.ClH/c1-27-9-11-28(12-10-27)20-14-24-23(25-15-20)19-4-2-3-17(13-19)16-29-22(30)8-7-21(26-29)18-5-6-18;1-20-6-8-21(9-7-20)15-11-18-16(19-12-15)13-4-3-5-14(10-13)17(22)23-2;1-19-5-7-20(8-6-19)15-10-17-16(18-11-15)14-4-2-3-13(9-14)12-21;1-19(2)10-18-13-8-16-14(17-9-13)11-5-4-6-12(7-11)15(20)21-3;1-17-12(16)9-4-2-3-8(5-9)11-14-6-10(13)7-15-11;10-7-4-3-6(8-9-7)5-1-2-5;1-8(4-2-6)5-3-7;1-2-4-5-3-1;/h2-4,7-8,13-15,18H,5-6,9-12,16H2,1H3;3-5,10-12H,6-9H2,1-2H3;2-4,9-11,21H,5-8,12H2,1H3;4-10H,1-3H3;2-7H,13H2,1H3;3-5H,1-2H2,(H,9,10);2-5H2,1H3;1-4H2;1H. The molecule has 136 heavy (non-hydrogen) atoms. The first kappa shape index (κ1) is 105. The molecule has 6 aliphatic rings. The number of nitrogens with two attached hydrogens (primary N) is 1. The molecule has 0 radical (unpaired) electrons. The molecular formula is C99H121Cl3N24O10. The number of anilines is 4. The van der Waals surface area contributed by atoms with Gasteiger partial charge in [-0.1, -0.05) is 72.8 Å². The van der Waals surface area contributed by atoms with Crippen LogP contribution in [0.5, 0.6) is 0 Å². The third-order valence-electron chi connectivity index (χ3n) is 22.2. The normalized spacial score (nSPS) is 14.6. The number of hydrogen-bond acceptors (Lipinski definition) is 30. The summed E-state index contributed by atoms with van der Waals surface area (Å²) in [5, 5.41) is 20.1. The zero-order valence-corrected chi connectivity index (χ0v) is 80.7. The Morgan fingerprint density at radius 2 is 0.846 bits per heavy atom. The number of hydrogen-bond donors (Lipinski definition) is 4. The molecule has 0 unspecified atom stereocenters. The maximum atomic E-state index is 12.2. The molecule has 4 aliphatic heterocycles. The number of ether oxygens (including phenoxy) is 4.